The second kappa shape index (κ2) is 6.89. The lowest BCUT2D eigenvalue weighted by Gasteiger charge is -2.25. The van der Waals surface area contributed by atoms with E-state index >= 15 is 0 Å². The van der Waals surface area contributed by atoms with Crippen LogP contribution in [0.4, 0.5) is 5.82 Å². The molecule has 0 aromatic carbocycles. The van der Waals surface area contributed by atoms with E-state index < -0.39 is 0 Å². The van der Waals surface area contributed by atoms with Gasteiger partial charge in [0.15, 0.2) is 0 Å². The normalized spacial score (nSPS) is 14.8. The molecule has 0 spiro atoms. The largest absolute Gasteiger partial charge is 0.369 e. The highest BCUT2D eigenvalue weighted by Gasteiger charge is 2.19. The molecule has 1 aliphatic rings. The average molecular weight is 326 g/mol. The van der Waals surface area contributed by atoms with Crippen molar-refractivity contribution in [2.45, 2.75) is 32.6 Å². The number of pyridine rings is 1. The van der Waals surface area contributed by atoms with Crippen molar-refractivity contribution in [2.24, 2.45) is 5.92 Å². The monoisotopic (exact) mass is 325 g/mol. The van der Waals surface area contributed by atoms with Gasteiger partial charge in [-0.3, -0.25) is 4.79 Å². The molecule has 0 bridgehead atoms. The molecular formula is C14H20BrN3O. The molecule has 1 amide bonds. The van der Waals surface area contributed by atoms with E-state index in [1.54, 1.807) is 6.20 Å². The predicted octanol–water partition coefficient (Wildman–Crippen LogP) is 3.20. The Morgan fingerprint density at radius 2 is 2.32 bits per heavy atom. The van der Waals surface area contributed by atoms with Crippen molar-refractivity contribution in [1.29, 1.82) is 0 Å². The molecule has 1 aliphatic carbocycles. The zero-order chi connectivity index (χ0) is 13.7. The van der Waals surface area contributed by atoms with Crippen LogP contribution in [0.5, 0.6) is 0 Å². The first-order chi connectivity index (χ1) is 9.20. The molecule has 1 saturated carbocycles. The second-order valence-corrected chi connectivity index (χ2v) is 5.90. The summed E-state index contributed by atoms with van der Waals surface area (Å²) in [4.78, 5) is 16.5. The summed E-state index contributed by atoms with van der Waals surface area (Å²) in [6.07, 6.45) is 6.47. The zero-order valence-electron chi connectivity index (χ0n) is 11.2. The topological polar surface area (TPSA) is 54.0 Å². The molecule has 0 aliphatic heterocycles. The van der Waals surface area contributed by atoms with Crippen molar-refractivity contribution in [3.8, 4) is 0 Å². The quantitative estimate of drug-likeness (QED) is 0.844. The van der Waals surface area contributed by atoms with E-state index in [9.17, 15) is 4.79 Å². The summed E-state index contributed by atoms with van der Waals surface area (Å²) in [7, 11) is 0. The van der Waals surface area contributed by atoms with Gasteiger partial charge in [-0.25, -0.2) is 4.98 Å². The second-order valence-electron chi connectivity index (χ2n) is 4.98. The highest BCUT2D eigenvalue weighted by atomic mass is 79.9. The van der Waals surface area contributed by atoms with Crippen LogP contribution in [0.1, 0.15) is 43.0 Å². The molecule has 2 rings (SSSR count). The van der Waals surface area contributed by atoms with Crippen molar-refractivity contribution in [3.63, 3.8) is 0 Å². The fourth-order valence-corrected chi connectivity index (χ4v) is 2.36. The third-order valence-electron chi connectivity index (χ3n) is 3.42. The Bertz CT molecular complexity index is 446. The van der Waals surface area contributed by atoms with Gasteiger partial charge >= 0.3 is 0 Å². The fraction of sp³-hybridized carbons (Fsp3) is 0.571. The van der Waals surface area contributed by atoms with E-state index in [1.807, 2.05) is 6.07 Å². The molecule has 0 unspecified atom stereocenters. The van der Waals surface area contributed by atoms with E-state index in [2.05, 4.69) is 38.5 Å². The SMILES string of the molecule is CCCNc1ncc(Br)cc1C(=O)NCC1CCC1. The van der Waals surface area contributed by atoms with Crippen LogP contribution in [0.3, 0.4) is 0 Å². The van der Waals surface area contributed by atoms with Gasteiger partial charge in [0.05, 0.1) is 5.56 Å². The van der Waals surface area contributed by atoms with Crippen LogP contribution < -0.4 is 10.6 Å². The zero-order valence-corrected chi connectivity index (χ0v) is 12.8. The molecule has 0 saturated heterocycles. The first-order valence-corrected chi connectivity index (χ1v) is 7.67. The highest BCUT2D eigenvalue weighted by molar-refractivity contribution is 9.10. The number of anilines is 1. The maximum Gasteiger partial charge on any atom is 0.255 e. The van der Waals surface area contributed by atoms with Gasteiger partial charge in [0.1, 0.15) is 5.82 Å². The van der Waals surface area contributed by atoms with Gasteiger partial charge in [-0.15, -0.1) is 0 Å². The summed E-state index contributed by atoms with van der Waals surface area (Å²) in [5, 5.41) is 6.20. The molecule has 0 radical (unpaired) electrons. The minimum atomic E-state index is -0.0423. The summed E-state index contributed by atoms with van der Waals surface area (Å²) in [5.41, 5.74) is 0.613. The van der Waals surface area contributed by atoms with E-state index in [1.165, 1.54) is 19.3 Å². The average Bonchev–Trinajstić information content (AvgIpc) is 2.35. The third kappa shape index (κ3) is 3.93. The third-order valence-corrected chi connectivity index (χ3v) is 3.85. The lowest BCUT2D eigenvalue weighted by Crippen LogP contribution is -2.32. The Kier molecular flexibility index (Phi) is 5.19. The van der Waals surface area contributed by atoms with Crippen LogP contribution in [-0.4, -0.2) is 24.0 Å². The van der Waals surface area contributed by atoms with Gasteiger partial charge in [-0.1, -0.05) is 13.3 Å². The minimum absolute atomic E-state index is 0.0423. The Morgan fingerprint density at radius 1 is 1.53 bits per heavy atom. The summed E-state index contributed by atoms with van der Waals surface area (Å²) in [6.45, 7) is 3.68. The summed E-state index contributed by atoms with van der Waals surface area (Å²) >= 11 is 3.37. The van der Waals surface area contributed by atoms with Gasteiger partial charge in [-0.05, 0) is 47.2 Å². The molecule has 0 atom stereocenters. The number of halogens is 1. The molecule has 1 aromatic rings. The molecule has 2 N–H and O–H groups in total. The van der Waals surface area contributed by atoms with Crippen molar-refractivity contribution >= 4 is 27.7 Å². The van der Waals surface area contributed by atoms with Gasteiger partial charge < -0.3 is 10.6 Å². The number of carbonyl (C=O) groups excluding carboxylic acids is 1. The van der Waals surface area contributed by atoms with E-state index in [-0.39, 0.29) is 5.91 Å². The van der Waals surface area contributed by atoms with Crippen LogP contribution in [0.2, 0.25) is 0 Å². The van der Waals surface area contributed by atoms with Crippen LogP contribution in [0.25, 0.3) is 0 Å². The Balaban J connectivity index is 2.02. The van der Waals surface area contributed by atoms with Crippen LogP contribution in [0.15, 0.2) is 16.7 Å². The van der Waals surface area contributed by atoms with Crippen molar-refractivity contribution in [2.75, 3.05) is 18.4 Å². The number of carbonyl (C=O) groups is 1. The molecular weight excluding hydrogens is 306 g/mol. The van der Waals surface area contributed by atoms with Crippen LogP contribution in [-0.2, 0) is 0 Å². The lowest BCUT2D eigenvalue weighted by molar-refractivity contribution is 0.0939. The predicted molar refractivity (Wildman–Crippen MR) is 80.4 cm³/mol. The Hall–Kier alpha value is -1.10. The molecule has 1 heterocycles. The van der Waals surface area contributed by atoms with Gasteiger partial charge in [0, 0.05) is 23.8 Å². The molecule has 1 fully saturated rings. The van der Waals surface area contributed by atoms with Crippen molar-refractivity contribution in [1.82, 2.24) is 10.3 Å². The summed E-state index contributed by atoms with van der Waals surface area (Å²) < 4.78 is 0.823. The lowest BCUT2D eigenvalue weighted by atomic mass is 9.85. The van der Waals surface area contributed by atoms with Crippen molar-refractivity contribution in [3.05, 3.63) is 22.3 Å². The number of aromatic nitrogens is 1. The first-order valence-electron chi connectivity index (χ1n) is 6.88. The van der Waals surface area contributed by atoms with Gasteiger partial charge in [-0.2, -0.15) is 0 Å². The van der Waals surface area contributed by atoms with Gasteiger partial charge in [0.2, 0.25) is 0 Å². The number of rotatable bonds is 6. The number of nitrogens with one attached hydrogen (secondary N) is 2. The number of hydrogen-bond donors (Lipinski definition) is 2. The Labute approximate surface area is 122 Å². The van der Waals surface area contributed by atoms with Crippen molar-refractivity contribution < 1.29 is 4.79 Å². The molecule has 104 valence electrons. The fourth-order valence-electron chi connectivity index (χ4n) is 2.03. The standard InChI is InChI=1S/C14H20BrN3O/c1-2-6-16-13-12(7-11(15)9-17-13)14(19)18-8-10-4-3-5-10/h7,9-10H,2-6,8H2,1H3,(H,16,17)(H,18,19). The smallest absolute Gasteiger partial charge is 0.255 e. The molecule has 19 heavy (non-hydrogen) atoms. The number of nitrogens with zero attached hydrogens (tertiary/aromatic N) is 1. The highest BCUT2D eigenvalue weighted by Crippen LogP contribution is 2.25. The summed E-state index contributed by atoms with van der Waals surface area (Å²) in [6, 6.07) is 1.82. The van der Waals surface area contributed by atoms with E-state index in [0.29, 0.717) is 17.3 Å². The van der Waals surface area contributed by atoms with Gasteiger partial charge in [0.25, 0.3) is 5.91 Å². The van der Waals surface area contributed by atoms with E-state index in [4.69, 9.17) is 0 Å². The molecule has 4 nitrogen and oxygen atoms in total. The van der Waals surface area contributed by atoms with E-state index in [0.717, 1.165) is 24.0 Å². The number of amides is 1. The first kappa shape index (κ1) is 14.3. The molecule has 1 aromatic heterocycles. The maximum absolute atomic E-state index is 12.2. The van der Waals surface area contributed by atoms with Crippen LogP contribution in [0, 0.1) is 5.92 Å². The maximum atomic E-state index is 12.2. The number of hydrogen-bond acceptors (Lipinski definition) is 3. The summed E-state index contributed by atoms with van der Waals surface area (Å²) in [5.74, 6) is 1.28. The van der Waals surface area contributed by atoms with Crippen LogP contribution >= 0.6 is 15.9 Å². The Morgan fingerprint density at radius 3 is 2.95 bits per heavy atom. The minimum Gasteiger partial charge on any atom is -0.369 e. The molecule has 5 heteroatoms.